The molecule has 0 unspecified atom stereocenters. The van der Waals surface area contributed by atoms with Gasteiger partial charge in [0, 0.05) is 12.1 Å². The third-order valence-corrected chi connectivity index (χ3v) is 3.41. The van der Waals surface area contributed by atoms with Crippen LogP contribution < -0.4 is 10.5 Å². The van der Waals surface area contributed by atoms with Gasteiger partial charge in [-0.25, -0.2) is 13.8 Å². The van der Waals surface area contributed by atoms with Crippen molar-refractivity contribution < 1.29 is 13.5 Å². The van der Waals surface area contributed by atoms with Gasteiger partial charge in [-0.3, -0.25) is 4.57 Å². The van der Waals surface area contributed by atoms with E-state index < -0.39 is 11.6 Å². The van der Waals surface area contributed by atoms with Crippen molar-refractivity contribution in [3.8, 4) is 11.4 Å². The van der Waals surface area contributed by atoms with Crippen LogP contribution in [0.15, 0.2) is 30.3 Å². The number of halogens is 3. The number of nitrogen functional groups attached to an aromatic ring is 1. The van der Waals surface area contributed by atoms with Crippen LogP contribution in [0.3, 0.4) is 0 Å². The Morgan fingerprint density at radius 1 is 1.19 bits per heavy atom. The van der Waals surface area contributed by atoms with Crippen LogP contribution in [0, 0.1) is 11.6 Å². The predicted octanol–water partition coefficient (Wildman–Crippen LogP) is 3.55. The van der Waals surface area contributed by atoms with Gasteiger partial charge in [-0.15, -0.1) is 0 Å². The minimum Gasteiger partial charge on any atom is -0.494 e. The quantitative estimate of drug-likeness (QED) is 0.787. The molecule has 0 radical (unpaired) electrons. The minimum absolute atomic E-state index is 0.0438. The molecule has 1 aromatic heterocycles. The summed E-state index contributed by atoms with van der Waals surface area (Å²) in [6.45, 7) is 0. The molecular weight excluding hydrogens is 300 g/mol. The lowest BCUT2D eigenvalue weighted by Gasteiger charge is -2.09. The number of aromatic nitrogens is 2. The van der Waals surface area contributed by atoms with Gasteiger partial charge in [-0.1, -0.05) is 11.6 Å². The Hall–Kier alpha value is -2.34. The molecule has 0 bridgehead atoms. The van der Waals surface area contributed by atoms with Gasteiger partial charge in [0.1, 0.15) is 5.82 Å². The maximum absolute atomic E-state index is 13.5. The van der Waals surface area contributed by atoms with Gasteiger partial charge in [0.25, 0.3) is 0 Å². The molecule has 0 atom stereocenters. The second-order valence-corrected chi connectivity index (χ2v) is 4.79. The van der Waals surface area contributed by atoms with Crippen LogP contribution in [0.2, 0.25) is 5.02 Å². The van der Waals surface area contributed by atoms with Gasteiger partial charge in [0.05, 0.1) is 28.9 Å². The highest BCUT2D eigenvalue weighted by molar-refractivity contribution is 6.31. The van der Waals surface area contributed by atoms with E-state index in [4.69, 9.17) is 22.1 Å². The molecule has 0 aliphatic heterocycles. The van der Waals surface area contributed by atoms with Gasteiger partial charge in [-0.05, 0) is 18.2 Å². The Bertz CT molecular complexity index is 848. The fourth-order valence-electron chi connectivity index (χ4n) is 2.15. The molecule has 0 spiro atoms. The maximum Gasteiger partial charge on any atom is 0.205 e. The highest BCUT2D eigenvalue weighted by Gasteiger charge is 2.14. The first kappa shape index (κ1) is 13.6. The number of fused-ring (bicyclic) bond motifs is 1. The summed E-state index contributed by atoms with van der Waals surface area (Å²) in [7, 11) is 1.36. The van der Waals surface area contributed by atoms with Gasteiger partial charge >= 0.3 is 0 Å². The maximum atomic E-state index is 13.5. The van der Waals surface area contributed by atoms with E-state index in [1.807, 2.05) is 0 Å². The van der Waals surface area contributed by atoms with Crippen molar-refractivity contribution in [3.05, 3.63) is 47.0 Å². The average molecular weight is 310 g/mol. The number of hydrogen-bond donors (Lipinski definition) is 1. The Labute approximate surface area is 123 Å². The third-order valence-electron chi connectivity index (χ3n) is 3.12. The van der Waals surface area contributed by atoms with Gasteiger partial charge < -0.3 is 10.5 Å². The lowest BCUT2D eigenvalue weighted by Crippen LogP contribution is -2.01. The number of rotatable bonds is 2. The summed E-state index contributed by atoms with van der Waals surface area (Å²) >= 11 is 5.80. The van der Waals surface area contributed by atoms with Gasteiger partial charge in [0.15, 0.2) is 11.6 Å². The van der Waals surface area contributed by atoms with Crippen molar-refractivity contribution in [2.24, 2.45) is 0 Å². The zero-order chi connectivity index (χ0) is 15.1. The zero-order valence-electron chi connectivity index (χ0n) is 10.9. The summed E-state index contributed by atoms with van der Waals surface area (Å²) in [6.07, 6.45) is 0. The topological polar surface area (TPSA) is 53.1 Å². The predicted molar refractivity (Wildman–Crippen MR) is 77.0 cm³/mol. The van der Waals surface area contributed by atoms with Crippen LogP contribution in [0.4, 0.5) is 14.7 Å². The highest BCUT2D eigenvalue weighted by atomic mass is 35.5. The third kappa shape index (κ3) is 2.17. The lowest BCUT2D eigenvalue weighted by atomic mass is 10.2. The Balaban J connectivity index is 2.29. The molecule has 0 aliphatic rings. The highest BCUT2D eigenvalue weighted by Crippen LogP contribution is 2.29. The molecule has 4 nitrogen and oxygen atoms in total. The monoisotopic (exact) mass is 309 g/mol. The van der Waals surface area contributed by atoms with Crippen LogP contribution in [0.1, 0.15) is 0 Å². The van der Waals surface area contributed by atoms with E-state index >= 15 is 0 Å². The zero-order valence-corrected chi connectivity index (χ0v) is 11.7. The van der Waals surface area contributed by atoms with Crippen LogP contribution >= 0.6 is 11.6 Å². The first-order chi connectivity index (χ1) is 10.0. The van der Waals surface area contributed by atoms with Gasteiger partial charge in [0.2, 0.25) is 5.95 Å². The fourth-order valence-corrected chi connectivity index (χ4v) is 2.31. The van der Waals surface area contributed by atoms with E-state index in [-0.39, 0.29) is 16.7 Å². The molecule has 0 aliphatic carbocycles. The summed E-state index contributed by atoms with van der Waals surface area (Å²) in [5.74, 6) is -0.860. The number of ether oxygens (including phenoxy) is 1. The number of anilines is 1. The van der Waals surface area contributed by atoms with Crippen LogP contribution in [0.5, 0.6) is 5.75 Å². The molecule has 0 amide bonds. The van der Waals surface area contributed by atoms with Crippen molar-refractivity contribution in [2.75, 3.05) is 12.8 Å². The van der Waals surface area contributed by atoms with Crippen molar-refractivity contribution >= 4 is 28.6 Å². The summed E-state index contributed by atoms with van der Waals surface area (Å²) < 4.78 is 33.5. The largest absolute Gasteiger partial charge is 0.494 e. The summed E-state index contributed by atoms with van der Waals surface area (Å²) in [6, 6.07) is 6.87. The molecule has 0 saturated heterocycles. The Morgan fingerprint density at radius 3 is 2.67 bits per heavy atom. The molecule has 1 heterocycles. The number of nitrogens with two attached hydrogens (primary N) is 1. The fraction of sp³-hybridized carbons (Fsp3) is 0.0714. The number of hydrogen-bond acceptors (Lipinski definition) is 3. The molecule has 7 heteroatoms. The van der Waals surface area contributed by atoms with E-state index in [9.17, 15) is 8.78 Å². The number of benzene rings is 2. The second kappa shape index (κ2) is 4.89. The molecule has 108 valence electrons. The molecule has 0 fully saturated rings. The minimum atomic E-state index is -0.578. The van der Waals surface area contributed by atoms with Crippen LogP contribution in [-0.4, -0.2) is 16.7 Å². The Morgan fingerprint density at radius 2 is 1.95 bits per heavy atom. The molecule has 0 saturated carbocycles. The van der Waals surface area contributed by atoms with E-state index in [0.29, 0.717) is 16.7 Å². The number of methoxy groups -OCH3 is 1. The van der Waals surface area contributed by atoms with Crippen LogP contribution in [-0.2, 0) is 0 Å². The summed E-state index contributed by atoms with van der Waals surface area (Å²) in [5, 5.41) is -0.0438. The smallest absolute Gasteiger partial charge is 0.205 e. The van der Waals surface area contributed by atoms with E-state index in [2.05, 4.69) is 4.98 Å². The summed E-state index contributed by atoms with van der Waals surface area (Å²) in [4.78, 5) is 4.08. The molecule has 3 aromatic rings. The second-order valence-electron chi connectivity index (χ2n) is 4.38. The number of nitrogens with zero attached hydrogens (tertiary/aromatic N) is 2. The molecule has 2 N–H and O–H groups in total. The molecular formula is C14H10ClF2N3O. The molecule has 21 heavy (non-hydrogen) atoms. The van der Waals surface area contributed by atoms with Crippen LogP contribution in [0.25, 0.3) is 16.7 Å². The van der Waals surface area contributed by atoms with Crippen molar-refractivity contribution in [3.63, 3.8) is 0 Å². The first-order valence-electron chi connectivity index (χ1n) is 5.98. The first-order valence-corrected chi connectivity index (χ1v) is 6.36. The lowest BCUT2D eigenvalue weighted by molar-refractivity contribution is 0.386. The number of imidazole rings is 1. The summed E-state index contributed by atoms with van der Waals surface area (Å²) in [5.41, 5.74) is 7.28. The van der Waals surface area contributed by atoms with Crippen molar-refractivity contribution in [1.82, 2.24) is 9.55 Å². The van der Waals surface area contributed by atoms with Crippen molar-refractivity contribution in [1.29, 1.82) is 0 Å². The van der Waals surface area contributed by atoms with E-state index in [0.717, 1.165) is 0 Å². The Kier molecular flexibility index (Phi) is 3.17. The van der Waals surface area contributed by atoms with E-state index in [1.54, 1.807) is 4.57 Å². The van der Waals surface area contributed by atoms with Crippen molar-refractivity contribution in [2.45, 2.75) is 0 Å². The SMILES string of the molecule is COc1cc(-n2c(N)nc3cc(F)c(Cl)cc32)ccc1F. The standard InChI is InChI=1S/C14H10ClF2N3O/c1-21-13-4-7(2-3-9(13)16)20-12-5-8(15)10(17)6-11(12)19-14(20)18/h2-6H,1H3,(H2,18,19). The average Bonchev–Trinajstić information content (AvgIpc) is 2.75. The molecule has 2 aromatic carbocycles. The molecule has 3 rings (SSSR count). The van der Waals surface area contributed by atoms with E-state index in [1.165, 1.54) is 37.4 Å². The normalized spacial score (nSPS) is 11.0. The van der Waals surface area contributed by atoms with Gasteiger partial charge in [-0.2, -0.15) is 0 Å².